The lowest BCUT2D eigenvalue weighted by Crippen LogP contribution is -2.64. The standard InChI is InChI=1S/C11H16O8/c1-9(7(12)13)16-3-11(4-17-9)5-18-10(2,8(14)15)19-6-11/h3-6H2,1-2H3,(H,12,13)(H,14,15)/p-2. The van der Waals surface area contributed by atoms with Crippen molar-refractivity contribution in [3.8, 4) is 0 Å². The molecule has 0 aliphatic carbocycles. The second-order valence-corrected chi connectivity index (χ2v) is 5.12. The minimum Gasteiger partial charge on any atom is -0.544 e. The molecule has 2 fully saturated rings. The van der Waals surface area contributed by atoms with Gasteiger partial charge >= 0.3 is 0 Å². The van der Waals surface area contributed by atoms with Gasteiger partial charge in [0.1, 0.15) is 11.9 Å². The van der Waals surface area contributed by atoms with Gasteiger partial charge in [0.05, 0.1) is 31.8 Å². The Hall–Kier alpha value is -1.22. The molecule has 0 aromatic rings. The zero-order chi connectivity index (χ0) is 14.3. The van der Waals surface area contributed by atoms with Gasteiger partial charge in [0.25, 0.3) is 0 Å². The predicted molar refractivity (Wildman–Crippen MR) is 53.1 cm³/mol. The van der Waals surface area contributed by atoms with Crippen molar-refractivity contribution in [2.24, 2.45) is 5.41 Å². The molecule has 1 spiro atoms. The molecule has 0 N–H and O–H groups in total. The predicted octanol–water partition coefficient (Wildman–Crippen LogP) is -3.00. The Balaban J connectivity index is 1.99. The van der Waals surface area contributed by atoms with Crippen molar-refractivity contribution in [1.29, 1.82) is 0 Å². The van der Waals surface area contributed by atoms with Crippen LogP contribution >= 0.6 is 0 Å². The molecule has 0 amide bonds. The van der Waals surface area contributed by atoms with Crippen LogP contribution in [0.3, 0.4) is 0 Å². The monoisotopic (exact) mass is 274 g/mol. The summed E-state index contributed by atoms with van der Waals surface area (Å²) in [6, 6.07) is 0. The minimum absolute atomic E-state index is 0.000603. The van der Waals surface area contributed by atoms with Crippen LogP contribution in [0.15, 0.2) is 0 Å². The summed E-state index contributed by atoms with van der Waals surface area (Å²) in [5.41, 5.74) is -0.732. The highest BCUT2D eigenvalue weighted by Crippen LogP contribution is 2.36. The molecular formula is C11H14O8-2. The summed E-state index contributed by atoms with van der Waals surface area (Å²) in [5, 5.41) is 21.7. The summed E-state index contributed by atoms with van der Waals surface area (Å²) in [7, 11) is 0. The van der Waals surface area contributed by atoms with Crippen molar-refractivity contribution in [1.82, 2.24) is 0 Å². The molecule has 2 rings (SSSR count). The van der Waals surface area contributed by atoms with Gasteiger partial charge in [0, 0.05) is 0 Å². The number of hydrogen-bond donors (Lipinski definition) is 0. The second kappa shape index (κ2) is 4.41. The van der Waals surface area contributed by atoms with E-state index in [-0.39, 0.29) is 26.4 Å². The van der Waals surface area contributed by atoms with Crippen LogP contribution < -0.4 is 10.2 Å². The molecule has 0 saturated carbocycles. The lowest BCUT2D eigenvalue weighted by atomic mass is 9.89. The molecule has 0 radical (unpaired) electrons. The van der Waals surface area contributed by atoms with E-state index in [0.717, 1.165) is 0 Å². The van der Waals surface area contributed by atoms with Gasteiger partial charge in [-0.2, -0.15) is 0 Å². The molecule has 0 aromatic carbocycles. The highest BCUT2D eigenvalue weighted by Gasteiger charge is 2.49. The maximum Gasteiger partial charge on any atom is 0.206 e. The van der Waals surface area contributed by atoms with Crippen LogP contribution in [0, 0.1) is 5.41 Å². The Morgan fingerprint density at radius 2 is 1.05 bits per heavy atom. The highest BCUT2D eigenvalue weighted by atomic mass is 16.7. The molecule has 2 heterocycles. The molecule has 2 aliphatic rings. The van der Waals surface area contributed by atoms with Crippen LogP contribution in [0.1, 0.15) is 13.8 Å². The summed E-state index contributed by atoms with van der Waals surface area (Å²) in [6.07, 6.45) is 0. The van der Waals surface area contributed by atoms with E-state index < -0.39 is 28.9 Å². The van der Waals surface area contributed by atoms with E-state index in [1.165, 1.54) is 13.8 Å². The van der Waals surface area contributed by atoms with E-state index in [4.69, 9.17) is 18.9 Å². The van der Waals surface area contributed by atoms with E-state index in [1.54, 1.807) is 0 Å². The number of carbonyl (C=O) groups is 2. The van der Waals surface area contributed by atoms with Gasteiger partial charge in [-0.3, -0.25) is 0 Å². The number of ether oxygens (including phenoxy) is 4. The van der Waals surface area contributed by atoms with Gasteiger partial charge < -0.3 is 38.7 Å². The smallest absolute Gasteiger partial charge is 0.206 e. The number of carboxylic acids is 2. The Morgan fingerprint density at radius 1 is 0.789 bits per heavy atom. The number of carbonyl (C=O) groups excluding carboxylic acids is 2. The van der Waals surface area contributed by atoms with E-state index in [9.17, 15) is 19.8 Å². The van der Waals surface area contributed by atoms with Crippen molar-refractivity contribution in [2.45, 2.75) is 25.4 Å². The lowest BCUT2D eigenvalue weighted by molar-refractivity contribution is -0.401. The molecule has 8 nitrogen and oxygen atoms in total. The lowest BCUT2D eigenvalue weighted by Gasteiger charge is -2.49. The van der Waals surface area contributed by atoms with E-state index in [1.807, 2.05) is 0 Å². The molecule has 0 aromatic heterocycles. The Morgan fingerprint density at radius 3 is 1.26 bits per heavy atom. The summed E-state index contributed by atoms with van der Waals surface area (Å²) >= 11 is 0. The van der Waals surface area contributed by atoms with Gasteiger partial charge in [0.2, 0.25) is 11.6 Å². The number of rotatable bonds is 2. The first-order valence-electron chi connectivity index (χ1n) is 5.70. The fourth-order valence-electron chi connectivity index (χ4n) is 1.73. The third-order valence-electron chi connectivity index (χ3n) is 3.36. The second-order valence-electron chi connectivity index (χ2n) is 5.12. The van der Waals surface area contributed by atoms with Gasteiger partial charge in [0.15, 0.2) is 0 Å². The Bertz CT molecular complexity index is 346. The van der Waals surface area contributed by atoms with Crippen LogP contribution in [0.4, 0.5) is 0 Å². The van der Waals surface area contributed by atoms with Crippen molar-refractivity contribution >= 4 is 11.9 Å². The summed E-state index contributed by atoms with van der Waals surface area (Å²) in [4.78, 5) is 21.7. The third-order valence-corrected chi connectivity index (χ3v) is 3.36. The third kappa shape index (κ3) is 2.44. The van der Waals surface area contributed by atoms with Gasteiger partial charge in [-0.25, -0.2) is 0 Å². The average molecular weight is 274 g/mol. The molecule has 2 aliphatic heterocycles. The molecule has 108 valence electrons. The summed E-state index contributed by atoms with van der Waals surface area (Å²) in [5.74, 6) is -6.56. The Kier molecular flexibility index (Phi) is 3.29. The maximum atomic E-state index is 10.8. The molecule has 0 bridgehead atoms. The van der Waals surface area contributed by atoms with Gasteiger partial charge in [-0.05, 0) is 13.8 Å². The van der Waals surface area contributed by atoms with Crippen LogP contribution in [0.25, 0.3) is 0 Å². The highest BCUT2D eigenvalue weighted by molar-refractivity contribution is 5.73. The normalized spacial score (nSPS) is 43.1. The molecule has 0 atom stereocenters. The Labute approximate surface area is 109 Å². The topological polar surface area (TPSA) is 117 Å². The largest absolute Gasteiger partial charge is 0.544 e. The molecule has 0 unspecified atom stereocenters. The summed E-state index contributed by atoms with van der Waals surface area (Å²) < 4.78 is 20.6. The van der Waals surface area contributed by atoms with Crippen LogP contribution in [-0.2, 0) is 28.5 Å². The fourth-order valence-corrected chi connectivity index (χ4v) is 1.73. The average Bonchev–Trinajstić information content (AvgIpc) is 2.37. The van der Waals surface area contributed by atoms with E-state index in [2.05, 4.69) is 0 Å². The SMILES string of the molecule is CC1(C(=O)[O-])OCC2(CO1)COC(C)(C(=O)[O-])OC2. The molecule has 19 heavy (non-hydrogen) atoms. The zero-order valence-electron chi connectivity index (χ0n) is 10.6. The first-order chi connectivity index (χ1) is 8.72. The number of carboxylic acid groups (broad SMARTS) is 2. The first kappa shape index (κ1) is 14.2. The molecule has 8 heteroatoms. The molecular weight excluding hydrogens is 260 g/mol. The fraction of sp³-hybridized carbons (Fsp3) is 0.818. The van der Waals surface area contributed by atoms with Crippen molar-refractivity contribution < 1.29 is 38.7 Å². The zero-order valence-corrected chi connectivity index (χ0v) is 10.6. The van der Waals surface area contributed by atoms with E-state index in [0.29, 0.717) is 0 Å². The maximum absolute atomic E-state index is 10.8. The van der Waals surface area contributed by atoms with Crippen LogP contribution in [0.5, 0.6) is 0 Å². The van der Waals surface area contributed by atoms with E-state index >= 15 is 0 Å². The molecule has 2 saturated heterocycles. The van der Waals surface area contributed by atoms with Crippen molar-refractivity contribution in [3.63, 3.8) is 0 Å². The summed E-state index contributed by atoms with van der Waals surface area (Å²) in [6.45, 7) is 2.48. The first-order valence-corrected chi connectivity index (χ1v) is 5.70. The minimum atomic E-state index is -1.81. The van der Waals surface area contributed by atoms with Crippen molar-refractivity contribution in [3.05, 3.63) is 0 Å². The quantitative estimate of drug-likeness (QED) is 0.523. The van der Waals surface area contributed by atoms with Crippen LogP contribution in [0.2, 0.25) is 0 Å². The number of hydrogen-bond acceptors (Lipinski definition) is 8. The number of aliphatic carboxylic acids is 2. The van der Waals surface area contributed by atoms with Crippen molar-refractivity contribution in [2.75, 3.05) is 26.4 Å². The van der Waals surface area contributed by atoms with Gasteiger partial charge in [-0.1, -0.05) is 0 Å². The van der Waals surface area contributed by atoms with Crippen LogP contribution in [-0.4, -0.2) is 49.9 Å². The van der Waals surface area contributed by atoms with Gasteiger partial charge in [-0.15, -0.1) is 0 Å².